The maximum absolute atomic E-state index is 6.19. The standard InChI is InChI=1S/C36H27N3O/c1-3-12-26(13-4-1)30-16-11-17-31(38-36(37-30)28-14-5-2-6-15-28)27-22-24-29(25-23-27)39-32-18-7-9-20-34(32)40-35-21-10-8-19-33(35)39/h1-10,12-16,18-25H,11,17H2/b30-16-,37-36-,38-31+. The molecule has 0 N–H and O–H groups in total. The van der Waals surface area contributed by atoms with Gasteiger partial charge in [0.2, 0.25) is 0 Å². The Morgan fingerprint density at radius 1 is 0.525 bits per heavy atom. The van der Waals surface area contributed by atoms with Crippen LogP contribution in [0.4, 0.5) is 17.1 Å². The number of allylic oxidation sites excluding steroid dienone is 1. The number of rotatable bonds is 4. The van der Waals surface area contributed by atoms with Gasteiger partial charge in [-0.15, -0.1) is 0 Å². The quantitative estimate of drug-likeness (QED) is 0.234. The zero-order chi connectivity index (χ0) is 26.7. The van der Waals surface area contributed by atoms with Crippen molar-refractivity contribution in [3.63, 3.8) is 0 Å². The first kappa shape index (κ1) is 23.9. The largest absolute Gasteiger partial charge is 0.453 e. The summed E-state index contributed by atoms with van der Waals surface area (Å²) in [5.74, 6) is 2.42. The van der Waals surface area contributed by atoms with Crippen molar-refractivity contribution in [3.05, 3.63) is 156 Å². The first-order chi connectivity index (χ1) is 19.8. The lowest BCUT2D eigenvalue weighted by molar-refractivity contribution is 0.477. The average Bonchev–Trinajstić information content (AvgIpc) is 3.01. The summed E-state index contributed by atoms with van der Waals surface area (Å²) in [7, 11) is 0. The van der Waals surface area contributed by atoms with E-state index in [1.165, 1.54) is 0 Å². The average molecular weight is 518 g/mol. The van der Waals surface area contributed by atoms with Crippen LogP contribution in [0.2, 0.25) is 0 Å². The molecule has 7 rings (SSSR count). The number of para-hydroxylation sites is 4. The number of benzene rings is 5. The topological polar surface area (TPSA) is 37.2 Å². The van der Waals surface area contributed by atoms with E-state index in [1.54, 1.807) is 0 Å². The van der Waals surface area contributed by atoms with Crippen molar-refractivity contribution in [1.82, 2.24) is 0 Å². The molecule has 2 heterocycles. The molecular weight excluding hydrogens is 490 g/mol. The van der Waals surface area contributed by atoms with E-state index in [2.05, 4.69) is 71.6 Å². The Labute approximate surface area is 234 Å². The van der Waals surface area contributed by atoms with Crippen molar-refractivity contribution in [1.29, 1.82) is 0 Å². The van der Waals surface area contributed by atoms with Gasteiger partial charge in [-0.1, -0.05) is 103 Å². The molecule has 40 heavy (non-hydrogen) atoms. The van der Waals surface area contributed by atoms with Gasteiger partial charge in [0.05, 0.1) is 22.8 Å². The predicted molar refractivity (Wildman–Crippen MR) is 164 cm³/mol. The molecule has 0 saturated heterocycles. The van der Waals surface area contributed by atoms with Gasteiger partial charge in [-0.3, -0.25) is 0 Å². The highest BCUT2D eigenvalue weighted by molar-refractivity contribution is 6.14. The molecule has 4 heteroatoms. The van der Waals surface area contributed by atoms with Gasteiger partial charge in [0.15, 0.2) is 17.3 Å². The van der Waals surface area contributed by atoms with Gasteiger partial charge in [0.1, 0.15) is 0 Å². The number of anilines is 3. The second-order valence-electron chi connectivity index (χ2n) is 9.77. The molecule has 5 aromatic carbocycles. The lowest BCUT2D eigenvalue weighted by Crippen LogP contribution is -2.16. The van der Waals surface area contributed by atoms with Crippen LogP contribution in [0, 0.1) is 0 Å². The lowest BCUT2D eigenvalue weighted by atomic mass is 10.0. The van der Waals surface area contributed by atoms with E-state index in [4.69, 9.17) is 14.7 Å². The van der Waals surface area contributed by atoms with Gasteiger partial charge in [-0.2, -0.15) is 0 Å². The number of hydrogen-bond donors (Lipinski definition) is 0. The SMILES string of the molecule is C1=C(c2ccccc2)/N=C(c2ccccc2)\N=C(\c2ccc(N3c4ccccc4Oc4ccccc43)cc2)CC\1. The Morgan fingerprint density at radius 2 is 1.10 bits per heavy atom. The van der Waals surface area contributed by atoms with Gasteiger partial charge < -0.3 is 9.64 Å². The molecule has 0 aromatic heterocycles. The predicted octanol–water partition coefficient (Wildman–Crippen LogP) is 9.33. The van der Waals surface area contributed by atoms with Gasteiger partial charge in [0.25, 0.3) is 0 Å². The highest BCUT2D eigenvalue weighted by Gasteiger charge is 2.25. The first-order valence-corrected chi connectivity index (χ1v) is 13.6. The molecule has 0 fully saturated rings. The maximum Gasteiger partial charge on any atom is 0.160 e. The van der Waals surface area contributed by atoms with Crippen LogP contribution < -0.4 is 9.64 Å². The molecule has 0 radical (unpaired) electrons. The van der Waals surface area contributed by atoms with E-state index >= 15 is 0 Å². The van der Waals surface area contributed by atoms with Crippen molar-refractivity contribution in [3.8, 4) is 11.5 Å². The van der Waals surface area contributed by atoms with Gasteiger partial charge >= 0.3 is 0 Å². The summed E-state index contributed by atoms with van der Waals surface area (Å²) < 4.78 is 6.19. The summed E-state index contributed by atoms with van der Waals surface area (Å²) in [6.07, 6.45) is 3.91. The molecule has 0 spiro atoms. The van der Waals surface area contributed by atoms with Gasteiger partial charge in [0, 0.05) is 11.3 Å². The molecule has 0 saturated carbocycles. The lowest BCUT2D eigenvalue weighted by Gasteiger charge is -2.32. The molecule has 2 aliphatic rings. The van der Waals surface area contributed by atoms with E-state index < -0.39 is 0 Å². The van der Waals surface area contributed by atoms with Crippen molar-refractivity contribution >= 4 is 34.3 Å². The Morgan fingerprint density at radius 3 is 1.75 bits per heavy atom. The van der Waals surface area contributed by atoms with Gasteiger partial charge in [-0.25, -0.2) is 9.98 Å². The summed E-state index contributed by atoms with van der Waals surface area (Å²) in [6, 6.07) is 45.5. The fourth-order valence-electron chi connectivity index (χ4n) is 5.22. The second-order valence-corrected chi connectivity index (χ2v) is 9.77. The van der Waals surface area contributed by atoms with Crippen molar-refractivity contribution < 1.29 is 4.74 Å². The third-order valence-corrected chi connectivity index (χ3v) is 7.18. The van der Waals surface area contributed by atoms with E-state index in [9.17, 15) is 0 Å². The highest BCUT2D eigenvalue weighted by Crippen LogP contribution is 2.49. The van der Waals surface area contributed by atoms with E-state index in [1.807, 2.05) is 72.8 Å². The smallest absolute Gasteiger partial charge is 0.160 e. The summed E-state index contributed by atoms with van der Waals surface area (Å²) in [6.45, 7) is 0. The minimum Gasteiger partial charge on any atom is -0.453 e. The molecule has 0 amide bonds. The van der Waals surface area contributed by atoms with Crippen LogP contribution in [-0.4, -0.2) is 11.5 Å². The van der Waals surface area contributed by atoms with Crippen LogP contribution in [0.3, 0.4) is 0 Å². The molecule has 4 nitrogen and oxygen atoms in total. The molecule has 192 valence electrons. The summed E-state index contributed by atoms with van der Waals surface area (Å²) in [5, 5.41) is 0. The Balaban J connectivity index is 1.27. The van der Waals surface area contributed by atoms with Crippen LogP contribution in [-0.2, 0) is 0 Å². The molecule has 0 bridgehead atoms. The van der Waals surface area contributed by atoms with Crippen LogP contribution in [0.5, 0.6) is 11.5 Å². The first-order valence-electron chi connectivity index (χ1n) is 13.6. The normalized spacial score (nSPS) is 18.3. The van der Waals surface area contributed by atoms with Crippen LogP contribution >= 0.6 is 0 Å². The fraction of sp³-hybridized carbons (Fsp3) is 0.0556. The molecule has 0 unspecified atom stereocenters. The molecule has 2 aliphatic heterocycles. The molecular formula is C36H27N3O. The molecule has 0 atom stereocenters. The monoisotopic (exact) mass is 517 g/mol. The molecule has 0 aliphatic carbocycles. The summed E-state index contributed by atoms with van der Waals surface area (Å²) in [5.41, 5.74) is 8.30. The van der Waals surface area contributed by atoms with Crippen LogP contribution in [0.1, 0.15) is 29.5 Å². The van der Waals surface area contributed by atoms with E-state index in [-0.39, 0.29) is 0 Å². The summed E-state index contributed by atoms with van der Waals surface area (Å²) in [4.78, 5) is 12.5. The minimum absolute atomic E-state index is 0.727. The zero-order valence-electron chi connectivity index (χ0n) is 21.9. The van der Waals surface area contributed by atoms with E-state index in [0.717, 1.165) is 75.3 Å². The van der Waals surface area contributed by atoms with Crippen LogP contribution in [0.15, 0.2) is 150 Å². The van der Waals surface area contributed by atoms with Crippen molar-refractivity contribution in [2.45, 2.75) is 12.8 Å². The number of ether oxygens (including phenoxy) is 1. The number of aliphatic imine (C=N–C) groups is 2. The van der Waals surface area contributed by atoms with E-state index in [0.29, 0.717) is 0 Å². The third kappa shape index (κ3) is 4.61. The number of nitrogens with zero attached hydrogens (tertiary/aromatic N) is 3. The number of hydrogen-bond acceptors (Lipinski definition) is 4. The second kappa shape index (κ2) is 10.5. The van der Waals surface area contributed by atoms with Gasteiger partial charge in [-0.05, 0) is 60.4 Å². The minimum atomic E-state index is 0.727. The Kier molecular flexibility index (Phi) is 6.27. The molecule has 5 aromatic rings. The Bertz CT molecular complexity index is 1710. The summed E-state index contributed by atoms with van der Waals surface area (Å²) >= 11 is 0. The van der Waals surface area contributed by atoms with Crippen LogP contribution in [0.25, 0.3) is 5.70 Å². The Hall–Kier alpha value is -5.22. The maximum atomic E-state index is 6.19. The number of fused-ring (bicyclic) bond motifs is 2. The number of amidine groups is 1. The highest BCUT2D eigenvalue weighted by atomic mass is 16.5. The third-order valence-electron chi connectivity index (χ3n) is 7.18. The van der Waals surface area contributed by atoms with Crippen molar-refractivity contribution in [2.24, 2.45) is 9.98 Å². The zero-order valence-corrected chi connectivity index (χ0v) is 21.9. The van der Waals surface area contributed by atoms with Crippen molar-refractivity contribution in [2.75, 3.05) is 4.90 Å². The fourth-order valence-corrected chi connectivity index (χ4v) is 5.22.